The van der Waals surface area contributed by atoms with E-state index in [1.165, 1.54) is 18.9 Å². The van der Waals surface area contributed by atoms with Crippen molar-refractivity contribution < 1.29 is 14.3 Å². The summed E-state index contributed by atoms with van der Waals surface area (Å²) in [5, 5.41) is 0.116. The Morgan fingerprint density at radius 3 is 2.15 bits per heavy atom. The molecule has 0 aromatic rings. The van der Waals surface area contributed by atoms with Crippen LogP contribution in [-0.4, -0.2) is 48.0 Å². The number of rotatable bonds is 11. The molecule has 0 fully saturated rings. The van der Waals surface area contributed by atoms with Crippen LogP contribution in [0.4, 0.5) is 0 Å². The predicted molar refractivity (Wildman–Crippen MR) is 84.9 cm³/mol. The van der Waals surface area contributed by atoms with Gasteiger partial charge in [-0.25, -0.2) is 0 Å². The summed E-state index contributed by atoms with van der Waals surface area (Å²) in [6.45, 7) is 7.92. The first-order chi connectivity index (χ1) is 9.54. The van der Waals surface area contributed by atoms with Crippen LogP contribution >= 0.6 is 11.8 Å². The summed E-state index contributed by atoms with van der Waals surface area (Å²) in [4.78, 5) is 25.3. The van der Waals surface area contributed by atoms with Gasteiger partial charge < -0.3 is 9.64 Å². The van der Waals surface area contributed by atoms with Gasteiger partial charge in [0, 0.05) is 18.3 Å². The largest absolute Gasteiger partial charge is 0.469 e. The molecular weight excluding hydrogens is 274 g/mol. The molecule has 0 N–H and O–H groups in total. The number of nitrogens with zero attached hydrogens (tertiary/aromatic N) is 1. The number of unbranched alkanes of at least 4 members (excludes halogenated alkanes) is 2. The van der Waals surface area contributed by atoms with Crippen molar-refractivity contribution in [3.8, 4) is 0 Å². The Labute approximate surface area is 127 Å². The quantitative estimate of drug-likeness (QED) is 0.550. The van der Waals surface area contributed by atoms with Gasteiger partial charge in [-0.05, 0) is 12.8 Å². The summed E-state index contributed by atoms with van der Waals surface area (Å²) in [5.41, 5.74) is 0. The van der Waals surface area contributed by atoms with Crippen molar-refractivity contribution in [2.75, 3.05) is 26.0 Å². The summed E-state index contributed by atoms with van der Waals surface area (Å²) in [6, 6.07) is 0. The monoisotopic (exact) mass is 303 g/mol. The zero-order chi connectivity index (χ0) is 15.4. The Morgan fingerprint density at radius 2 is 1.70 bits per heavy atom. The highest BCUT2D eigenvalue weighted by Gasteiger charge is 2.16. The molecule has 0 radical (unpaired) electrons. The van der Waals surface area contributed by atoms with Gasteiger partial charge in [0.25, 0.3) is 0 Å². The summed E-state index contributed by atoms with van der Waals surface area (Å²) < 4.78 is 4.63. The van der Waals surface area contributed by atoms with Gasteiger partial charge in [-0.3, -0.25) is 9.59 Å². The number of hydrogen-bond acceptors (Lipinski definition) is 4. The van der Waals surface area contributed by atoms with E-state index in [1.54, 1.807) is 0 Å². The van der Waals surface area contributed by atoms with Crippen molar-refractivity contribution in [1.29, 1.82) is 0 Å². The lowest BCUT2D eigenvalue weighted by Gasteiger charge is -2.23. The number of carbonyl (C=O) groups is 2. The lowest BCUT2D eigenvalue weighted by molar-refractivity contribution is -0.140. The zero-order valence-corrected chi connectivity index (χ0v) is 14.1. The molecule has 0 aliphatic heterocycles. The molecule has 1 amide bonds. The third kappa shape index (κ3) is 9.23. The minimum absolute atomic E-state index is 0.116. The molecule has 4 nitrogen and oxygen atoms in total. The molecule has 0 saturated carbocycles. The standard InChI is InChI=1S/C15H29NO3S/c1-5-7-9-16(10-8-6-2)14(17)12-20-13(3)11-15(18)19-4/h13H,5-12H2,1-4H3. The van der Waals surface area contributed by atoms with Gasteiger partial charge in [0.2, 0.25) is 5.91 Å². The molecule has 5 heteroatoms. The van der Waals surface area contributed by atoms with Crippen LogP contribution in [0.5, 0.6) is 0 Å². The number of methoxy groups -OCH3 is 1. The van der Waals surface area contributed by atoms with Crippen LogP contribution in [0.2, 0.25) is 0 Å². The first-order valence-corrected chi connectivity index (χ1v) is 8.56. The highest BCUT2D eigenvalue weighted by Crippen LogP contribution is 2.15. The zero-order valence-electron chi connectivity index (χ0n) is 13.3. The second-order valence-electron chi connectivity index (χ2n) is 4.99. The molecule has 0 aromatic heterocycles. The average molecular weight is 303 g/mol. The third-order valence-corrected chi connectivity index (χ3v) is 4.24. The number of thioether (sulfide) groups is 1. The van der Waals surface area contributed by atoms with Crippen molar-refractivity contribution in [3.05, 3.63) is 0 Å². The van der Waals surface area contributed by atoms with Crippen molar-refractivity contribution in [2.45, 2.75) is 58.1 Å². The first kappa shape index (κ1) is 19.3. The minimum atomic E-state index is -0.216. The summed E-state index contributed by atoms with van der Waals surface area (Å²) in [5.74, 6) is 0.422. The molecule has 0 aromatic carbocycles. The smallest absolute Gasteiger partial charge is 0.306 e. The van der Waals surface area contributed by atoms with Crippen molar-refractivity contribution >= 4 is 23.6 Å². The maximum atomic E-state index is 12.2. The molecule has 0 bridgehead atoms. The van der Waals surface area contributed by atoms with Crippen molar-refractivity contribution in [2.24, 2.45) is 0 Å². The van der Waals surface area contributed by atoms with Crippen LogP contribution in [0.3, 0.4) is 0 Å². The van der Waals surface area contributed by atoms with Crippen LogP contribution in [0.1, 0.15) is 52.9 Å². The van der Waals surface area contributed by atoms with Gasteiger partial charge in [-0.15, -0.1) is 11.8 Å². The van der Waals surface area contributed by atoms with Gasteiger partial charge >= 0.3 is 5.97 Å². The molecule has 118 valence electrons. The van der Waals surface area contributed by atoms with Crippen LogP contribution in [0.15, 0.2) is 0 Å². The fourth-order valence-corrected chi connectivity index (χ4v) is 2.60. The van der Waals surface area contributed by atoms with E-state index in [0.717, 1.165) is 38.8 Å². The molecule has 20 heavy (non-hydrogen) atoms. The molecule has 0 spiro atoms. The fraction of sp³-hybridized carbons (Fsp3) is 0.867. The second-order valence-corrected chi connectivity index (χ2v) is 6.42. The van der Waals surface area contributed by atoms with E-state index in [0.29, 0.717) is 12.2 Å². The number of hydrogen-bond donors (Lipinski definition) is 0. The van der Waals surface area contributed by atoms with Crippen LogP contribution < -0.4 is 0 Å². The van der Waals surface area contributed by atoms with Gasteiger partial charge in [0.15, 0.2) is 0 Å². The molecule has 0 aliphatic carbocycles. The molecule has 1 unspecified atom stereocenters. The second kappa shape index (κ2) is 12.1. The van der Waals surface area contributed by atoms with Crippen LogP contribution in [0.25, 0.3) is 0 Å². The van der Waals surface area contributed by atoms with E-state index in [4.69, 9.17) is 0 Å². The molecular formula is C15H29NO3S. The van der Waals surface area contributed by atoms with Gasteiger partial charge in [-0.1, -0.05) is 33.6 Å². The number of carbonyl (C=O) groups excluding carboxylic acids is 2. The fourth-order valence-electron chi connectivity index (χ4n) is 1.74. The summed E-state index contributed by atoms with van der Waals surface area (Å²) in [7, 11) is 1.39. The maximum Gasteiger partial charge on any atom is 0.306 e. The number of ether oxygens (including phenoxy) is 1. The Hall–Kier alpha value is -0.710. The normalized spacial score (nSPS) is 12.0. The van der Waals surface area contributed by atoms with E-state index in [1.807, 2.05) is 11.8 Å². The summed E-state index contributed by atoms with van der Waals surface area (Å²) in [6.07, 6.45) is 4.66. The minimum Gasteiger partial charge on any atom is -0.469 e. The number of amides is 1. The van der Waals surface area contributed by atoms with E-state index >= 15 is 0 Å². The van der Waals surface area contributed by atoms with E-state index < -0.39 is 0 Å². The van der Waals surface area contributed by atoms with Crippen molar-refractivity contribution in [3.63, 3.8) is 0 Å². The molecule has 0 heterocycles. The van der Waals surface area contributed by atoms with Crippen LogP contribution in [0, 0.1) is 0 Å². The van der Waals surface area contributed by atoms with E-state index in [9.17, 15) is 9.59 Å². The topological polar surface area (TPSA) is 46.6 Å². The van der Waals surface area contributed by atoms with Gasteiger partial charge in [0.05, 0.1) is 19.3 Å². The first-order valence-electron chi connectivity index (χ1n) is 7.51. The Balaban J connectivity index is 4.12. The predicted octanol–water partition coefficient (Wildman–Crippen LogP) is 3.10. The van der Waals surface area contributed by atoms with E-state index in [-0.39, 0.29) is 17.1 Å². The summed E-state index contributed by atoms with van der Waals surface area (Å²) >= 11 is 1.53. The lowest BCUT2D eigenvalue weighted by atomic mass is 10.2. The molecule has 0 rings (SSSR count). The highest BCUT2D eigenvalue weighted by atomic mass is 32.2. The lowest BCUT2D eigenvalue weighted by Crippen LogP contribution is -2.34. The average Bonchev–Trinajstić information content (AvgIpc) is 2.44. The van der Waals surface area contributed by atoms with E-state index in [2.05, 4.69) is 18.6 Å². The Bertz CT molecular complexity index is 276. The molecule has 1 atom stereocenters. The van der Waals surface area contributed by atoms with Crippen LogP contribution in [-0.2, 0) is 14.3 Å². The SMILES string of the molecule is CCCCN(CCCC)C(=O)CSC(C)CC(=O)OC. The number of esters is 1. The van der Waals surface area contributed by atoms with Gasteiger partial charge in [-0.2, -0.15) is 0 Å². The molecule has 0 aliphatic rings. The van der Waals surface area contributed by atoms with Gasteiger partial charge in [0.1, 0.15) is 0 Å². The third-order valence-electron chi connectivity index (χ3n) is 3.09. The highest BCUT2D eigenvalue weighted by molar-refractivity contribution is 8.00. The Morgan fingerprint density at radius 1 is 1.15 bits per heavy atom. The Kier molecular flexibility index (Phi) is 11.6. The van der Waals surface area contributed by atoms with Crippen molar-refractivity contribution in [1.82, 2.24) is 4.90 Å². The molecule has 0 saturated heterocycles. The maximum absolute atomic E-state index is 12.2.